The minimum absolute atomic E-state index is 0.241. The van der Waals surface area contributed by atoms with E-state index < -0.39 is 0 Å². The molecule has 1 atom stereocenters. The lowest BCUT2D eigenvalue weighted by Crippen LogP contribution is -2.22. The van der Waals surface area contributed by atoms with Crippen LogP contribution in [0.5, 0.6) is 5.75 Å². The van der Waals surface area contributed by atoms with Crippen LogP contribution >= 0.6 is 0 Å². The molecule has 0 saturated carbocycles. The Morgan fingerprint density at radius 2 is 2.05 bits per heavy atom. The number of hydrogen-bond donors (Lipinski definition) is 1. The number of nitrogens with one attached hydrogen (secondary N) is 1. The summed E-state index contributed by atoms with van der Waals surface area (Å²) in [6.07, 6.45) is 0. The average molecular weight is 261 g/mol. The lowest BCUT2D eigenvalue weighted by atomic mass is 10.2. The number of methoxy groups -OCH3 is 1. The van der Waals surface area contributed by atoms with Crippen molar-refractivity contribution in [3.05, 3.63) is 24.0 Å². The van der Waals surface area contributed by atoms with Crippen molar-refractivity contribution in [2.75, 3.05) is 13.7 Å². The summed E-state index contributed by atoms with van der Waals surface area (Å²) in [4.78, 5) is 4.78. The standard InChI is InChI=1S/C15H23N3O/c1-6-16-11(4)15-17-13-9-12(19-5)7-8-14(13)18(15)10(2)3/h7-11,16H,6H2,1-5H3. The van der Waals surface area contributed by atoms with Crippen molar-refractivity contribution in [2.24, 2.45) is 0 Å². The van der Waals surface area contributed by atoms with E-state index in [1.807, 2.05) is 12.1 Å². The van der Waals surface area contributed by atoms with E-state index in [2.05, 4.69) is 43.6 Å². The smallest absolute Gasteiger partial charge is 0.127 e. The van der Waals surface area contributed by atoms with E-state index in [4.69, 9.17) is 9.72 Å². The van der Waals surface area contributed by atoms with Gasteiger partial charge >= 0.3 is 0 Å². The van der Waals surface area contributed by atoms with Gasteiger partial charge in [-0.05, 0) is 39.4 Å². The third-order valence-electron chi connectivity index (χ3n) is 3.34. The molecule has 4 nitrogen and oxygen atoms in total. The third-order valence-corrected chi connectivity index (χ3v) is 3.34. The molecule has 19 heavy (non-hydrogen) atoms. The van der Waals surface area contributed by atoms with Gasteiger partial charge in [-0.25, -0.2) is 4.98 Å². The van der Waals surface area contributed by atoms with E-state index in [-0.39, 0.29) is 6.04 Å². The highest BCUT2D eigenvalue weighted by Gasteiger charge is 2.18. The number of benzene rings is 1. The van der Waals surface area contributed by atoms with Crippen LogP contribution in [-0.4, -0.2) is 23.2 Å². The van der Waals surface area contributed by atoms with E-state index in [9.17, 15) is 0 Å². The summed E-state index contributed by atoms with van der Waals surface area (Å²) in [6.45, 7) is 9.58. The topological polar surface area (TPSA) is 39.1 Å². The molecule has 0 fully saturated rings. The highest BCUT2D eigenvalue weighted by molar-refractivity contribution is 5.78. The minimum Gasteiger partial charge on any atom is -0.497 e. The summed E-state index contributed by atoms with van der Waals surface area (Å²) in [5.74, 6) is 1.93. The van der Waals surface area contributed by atoms with Crippen molar-refractivity contribution < 1.29 is 4.74 Å². The van der Waals surface area contributed by atoms with Gasteiger partial charge in [-0.2, -0.15) is 0 Å². The molecule has 0 saturated heterocycles. The molecular weight excluding hydrogens is 238 g/mol. The Kier molecular flexibility index (Phi) is 4.10. The Balaban J connectivity index is 2.58. The van der Waals surface area contributed by atoms with Crippen molar-refractivity contribution in [3.63, 3.8) is 0 Å². The second-order valence-corrected chi connectivity index (χ2v) is 5.07. The molecule has 1 N–H and O–H groups in total. The summed E-state index contributed by atoms with van der Waals surface area (Å²) < 4.78 is 7.57. The second kappa shape index (κ2) is 5.61. The number of rotatable bonds is 5. The third kappa shape index (κ3) is 2.59. The van der Waals surface area contributed by atoms with E-state index in [0.717, 1.165) is 29.2 Å². The number of fused-ring (bicyclic) bond motifs is 1. The van der Waals surface area contributed by atoms with Gasteiger partial charge in [0, 0.05) is 12.1 Å². The number of ether oxygens (including phenoxy) is 1. The predicted octanol–water partition coefficient (Wildman–Crippen LogP) is 3.30. The Morgan fingerprint density at radius 1 is 1.32 bits per heavy atom. The van der Waals surface area contributed by atoms with Gasteiger partial charge in [0.25, 0.3) is 0 Å². The molecule has 0 aliphatic heterocycles. The maximum atomic E-state index is 5.27. The highest BCUT2D eigenvalue weighted by atomic mass is 16.5. The number of imidazole rings is 1. The van der Waals surface area contributed by atoms with E-state index in [1.54, 1.807) is 7.11 Å². The Hall–Kier alpha value is -1.55. The fourth-order valence-corrected chi connectivity index (χ4v) is 2.47. The average Bonchev–Trinajstić information content (AvgIpc) is 2.77. The quantitative estimate of drug-likeness (QED) is 0.897. The molecule has 104 valence electrons. The van der Waals surface area contributed by atoms with Crippen molar-refractivity contribution in [1.82, 2.24) is 14.9 Å². The summed E-state index contributed by atoms with van der Waals surface area (Å²) in [5, 5.41) is 3.43. The first kappa shape index (κ1) is 13.9. The minimum atomic E-state index is 0.241. The molecule has 0 amide bonds. The highest BCUT2D eigenvalue weighted by Crippen LogP contribution is 2.27. The zero-order chi connectivity index (χ0) is 14.0. The molecule has 4 heteroatoms. The molecule has 1 unspecified atom stereocenters. The fourth-order valence-electron chi connectivity index (χ4n) is 2.47. The van der Waals surface area contributed by atoms with E-state index in [1.165, 1.54) is 0 Å². The van der Waals surface area contributed by atoms with Crippen LogP contribution in [0.3, 0.4) is 0 Å². The van der Waals surface area contributed by atoms with Gasteiger partial charge in [-0.1, -0.05) is 6.92 Å². The molecule has 1 aromatic heterocycles. The van der Waals surface area contributed by atoms with Crippen LogP contribution in [0.1, 0.15) is 45.6 Å². The molecule has 0 aliphatic rings. The first-order valence-electron chi connectivity index (χ1n) is 6.87. The number of aromatic nitrogens is 2. The number of nitrogens with zero attached hydrogens (tertiary/aromatic N) is 2. The maximum absolute atomic E-state index is 5.27. The monoisotopic (exact) mass is 261 g/mol. The van der Waals surface area contributed by atoms with Crippen LogP contribution in [0.2, 0.25) is 0 Å². The summed E-state index contributed by atoms with van der Waals surface area (Å²) in [7, 11) is 1.68. The largest absolute Gasteiger partial charge is 0.497 e. The van der Waals surface area contributed by atoms with Crippen LogP contribution in [0.4, 0.5) is 0 Å². The molecule has 2 rings (SSSR count). The fraction of sp³-hybridized carbons (Fsp3) is 0.533. The molecule has 0 aliphatic carbocycles. The summed E-state index contributed by atoms with van der Waals surface area (Å²) in [5.41, 5.74) is 2.16. The molecule has 1 aromatic carbocycles. The SMILES string of the molecule is CCNC(C)c1nc2cc(OC)ccc2n1C(C)C. The second-order valence-electron chi connectivity index (χ2n) is 5.07. The first-order valence-corrected chi connectivity index (χ1v) is 6.87. The molecular formula is C15H23N3O. The predicted molar refractivity (Wildman–Crippen MR) is 78.8 cm³/mol. The van der Waals surface area contributed by atoms with Gasteiger partial charge in [0.05, 0.1) is 24.2 Å². The van der Waals surface area contributed by atoms with Gasteiger partial charge in [0.2, 0.25) is 0 Å². The van der Waals surface area contributed by atoms with Crippen LogP contribution < -0.4 is 10.1 Å². The van der Waals surface area contributed by atoms with Crippen LogP contribution in [0.15, 0.2) is 18.2 Å². The van der Waals surface area contributed by atoms with Gasteiger partial charge in [0.15, 0.2) is 0 Å². The molecule has 0 radical (unpaired) electrons. The molecule has 1 heterocycles. The van der Waals surface area contributed by atoms with Crippen LogP contribution in [0.25, 0.3) is 11.0 Å². The summed E-state index contributed by atoms with van der Waals surface area (Å²) in [6, 6.07) is 6.70. The van der Waals surface area contributed by atoms with Gasteiger partial charge in [-0.15, -0.1) is 0 Å². The van der Waals surface area contributed by atoms with Gasteiger partial charge in [-0.3, -0.25) is 0 Å². The Morgan fingerprint density at radius 3 is 2.63 bits per heavy atom. The lowest BCUT2D eigenvalue weighted by Gasteiger charge is -2.18. The van der Waals surface area contributed by atoms with Crippen LogP contribution in [0, 0.1) is 0 Å². The van der Waals surface area contributed by atoms with Crippen molar-refractivity contribution in [1.29, 1.82) is 0 Å². The maximum Gasteiger partial charge on any atom is 0.127 e. The van der Waals surface area contributed by atoms with Crippen molar-refractivity contribution in [3.8, 4) is 5.75 Å². The van der Waals surface area contributed by atoms with Gasteiger partial charge in [0.1, 0.15) is 11.6 Å². The normalized spacial score (nSPS) is 13.2. The van der Waals surface area contributed by atoms with Crippen molar-refractivity contribution >= 4 is 11.0 Å². The lowest BCUT2D eigenvalue weighted by molar-refractivity contribution is 0.415. The molecule has 0 bridgehead atoms. The first-order chi connectivity index (χ1) is 9.08. The van der Waals surface area contributed by atoms with E-state index in [0.29, 0.717) is 6.04 Å². The molecule has 0 spiro atoms. The van der Waals surface area contributed by atoms with Crippen LogP contribution in [-0.2, 0) is 0 Å². The van der Waals surface area contributed by atoms with Gasteiger partial charge < -0.3 is 14.6 Å². The number of hydrogen-bond acceptors (Lipinski definition) is 3. The van der Waals surface area contributed by atoms with E-state index >= 15 is 0 Å². The Labute approximate surface area is 114 Å². The van der Waals surface area contributed by atoms with Crippen molar-refractivity contribution in [2.45, 2.75) is 39.8 Å². The molecule has 2 aromatic rings. The summed E-state index contributed by atoms with van der Waals surface area (Å²) >= 11 is 0. The zero-order valence-electron chi connectivity index (χ0n) is 12.4. The Bertz CT molecular complexity index is 560. The zero-order valence-corrected chi connectivity index (χ0v) is 12.4.